The molecule has 17 heavy (non-hydrogen) atoms. The maximum atomic E-state index is 12.1. The molecule has 0 atom stereocenters. The number of aldehydes is 1. The van der Waals surface area contributed by atoms with Gasteiger partial charge in [-0.3, -0.25) is 9.59 Å². The van der Waals surface area contributed by atoms with Gasteiger partial charge in [-0.15, -0.1) is 0 Å². The molecule has 0 saturated heterocycles. The van der Waals surface area contributed by atoms with E-state index in [0.29, 0.717) is 16.7 Å². The Hall–Kier alpha value is -2.22. The van der Waals surface area contributed by atoms with E-state index in [4.69, 9.17) is 0 Å². The highest BCUT2D eigenvalue weighted by atomic mass is 16.1. The Kier molecular flexibility index (Phi) is 3.15. The molecule has 2 heteroatoms. The molecule has 2 nitrogen and oxygen atoms in total. The second kappa shape index (κ2) is 4.74. The van der Waals surface area contributed by atoms with Crippen LogP contribution in [-0.2, 0) is 0 Å². The molecule has 84 valence electrons. The normalized spacial score (nSPS) is 9.94. The Bertz CT molecular complexity index is 553. The van der Waals surface area contributed by atoms with E-state index in [1.54, 1.807) is 30.3 Å². The lowest BCUT2D eigenvalue weighted by Crippen LogP contribution is -2.01. The van der Waals surface area contributed by atoms with Crippen LogP contribution in [0, 0.1) is 6.92 Å². The third-order valence-electron chi connectivity index (χ3n) is 2.59. The maximum Gasteiger partial charge on any atom is 0.193 e. The summed E-state index contributed by atoms with van der Waals surface area (Å²) >= 11 is 0. The van der Waals surface area contributed by atoms with E-state index in [1.807, 2.05) is 25.1 Å². The molecule has 0 aliphatic rings. The van der Waals surface area contributed by atoms with Crippen LogP contribution >= 0.6 is 0 Å². The predicted octanol–water partition coefficient (Wildman–Crippen LogP) is 3.04. The van der Waals surface area contributed by atoms with Crippen LogP contribution in [0.4, 0.5) is 0 Å². The van der Waals surface area contributed by atoms with Crippen molar-refractivity contribution in [3.8, 4) is 0 Å². The lowest BCUT2D eigenvalue weighted by Gasteiger charge is -2.02. The van der Waals surface area contributed by atoms with E-state index in [-0.39, 0.29) is 5.78 Å². The summed E-state index contributed by atoms with van der Waals surface area (Å²) in [7, 11) is 0. The fourth-order valence-electron chi connectivity index (χ4n) is 1.67. The summed E-state index contributed by atoms with van der Waals surface area (Å²) in [6.45, 7) is 1.95. The van der Waals surface area contributed by atoms with E-state index in [2.05, 4.69) is 0 Å². The lowest BCUT2D eigenvalue weighted by atomic mass is 10.0. The van der Waals surface area contributed by atoms with Crippen molar-refractivity contribution >= 4 is 12.1 Å². The van der Waals surface area contributed by atoms with Gasteiger partial charge in [0.25, 0.3) is 0 Å². The van der Waals surface area contributed by atoms with Crippen molar-refractivity contribution in [2.75, 3.05) is 0 Å². The van der Waals surface area contributed by atoms with Crippen LogP contribution in [-0.4, -0.2) is 12.1 Å². The largest absolute Gasteiger partial charge is 0.298 e. The highest BCUT2D eigenvalue weighted by Crippen LogP contribution is 2.12. The Labute approximate surface area is 99.9 Å². The molecule has 0 amide bonds. The first-order valence-corrected chi connectivity index (χ1v) is 5.37. The molecule has 0 spiro atoms. The van der Waals surface area contributed by atoms with Gasteiger partial charge in [0.05, 0.1) is 0 Å². The second-order valence-electron chi connectivity index (χ2n) is 3.94. The van der Waals surface area contributed by atoms with E-state index in [0.717, 1.165) is 11.8 Å². The fourth-order valence-corrected chi connectivity index (χ4v) is 1.67. The summed E-state index contributed by atoms with van der Waals surface area (Å²) in [4.78, 5) is 22.6. The first-order valence-electron chi connectivity index (χ1n) is 5.37. The maximum absolute atomic E-state index is 12.1. The smallest absolute Gasteiger partial charge is 0.193 e. The topological polar surface area (TPSA) is 34.1 Å². The van der Waals surface area contributed by atoms with Gasteiger partial charge in [0.1, 0.15) is 6.29 Å². The number of ketones is 1. The molecule has 2 rings (SSSR count). The van der Waals surface area contributed by atoms with Crippen LogP contribution in [0.1, 0.15) is 31.8 Å². The van der Waals surface area contributed by atoms with Gasteiger partial charge in [0, 0.05) is 16.7 Å². The van der Waals surface area contributed by atoms with Crippen molar-refractivity contribution in [3.63, 3.8) is 0 Å². The molecular formula is C15H12O2. The van der Waals surface area contributed by atoms with Gasteiger partial charge in [-0.1, -0.05) is 48.0 Å². The number of benzene rings is 2. The molecule has 0 radical (unpaired) electrons. The van der Waals surface area contributed by atoms with Crippen LogP contribution in [0.3, 0.4) is 0 Å². The van der Waals surface area contributed by atoms with Crippen LogP contribution in [0.2, 0.25) is 0 Å². The molecule has 0 heterocycles. The van der Waals surface area contributed by atoms with E-state index >= 15 is 0 Å². The first kappa shape index (κ1) is 11.3. The Balaban J connectivity index is 2.33. The van der Waals surface area contributed by atoms with Crippen LogP contribution in [0.5, 0.6) is 0 Å². The molecule has 0 N–H and O–H groups in total. The standard InChI is InChI=1S/C15H12O2/c1-11-3-2-4-14(9-11)15(17)13-7-5-12(10-16)6-8-13/h2-10H,1H3. The van der Waals surface area contributed by atoms with Crippen molar-refractivity contribution in [2.24, 2.45) is 0 Å². The zero-order chi connectivity index (χ0) is 12.3. The van der Waals surface area contributed by atoms with Crippen LogP contribution < -0.4 is 0 Å². The van der Waals surface area contributed by atoms with Gasteiger partial charge in [-0.25, -0.2) is 0 Å². The fraction of sp³-hybridized carbons (Fsp3) is 0.0667. The summed E-state index contributed by atoms with van der Waals surface area (Å²) in [5.41, 5.74) is 2.90. The zero-order valence-corrected chi connectivity index (χ0v) is 9.51. The van der Waals surface area contributed by atoms with Crippen LogP contribution in [0.15, 0.2) is 48.5 Å². The summed E-state index contributed by atoms with van der Waals surface area (Å²) in [5, 5.41) is 0. The minimum Gasteiger partial charge on any atom is -0.298 e. The molecule has 0 aliphatic carbocycles. The lowest BCUT2D eigenvalue weighted by molar-refractivity contribution is 0.103. The predicted molar refractivity (Wildman–Crippen MR) is 66.4 cm³/mol. The number of aryl methyl sites for hydroxylation is 1. The highest BCUT2D eigenvalue weighted by Gasteiger charge is 2.08. The van der Waals surface area contributed by atoms with Gasteiger partial charge >= 0.3 is 0 Å². The zero-order valence-electron chi connectivity index (χ0n) is 9.51. The quantitative estimate of drug-likeness (QED) is 0.593. The number of rotatable bonds is 3. The number of carbonyl (C=O) groups is 2. The average molecular weight is 224 g/mol. The monoisotopic (exact) mass is 224 g/mol. The average Bonchev–Trinajstić information content (AvgIpc) is 2.38. The van der Waals surface area contributed by atoms with Crippen LogP contribution in [0.25, 0.3) is 0 Å². The summed E-state index contributed by atoms with van der Waals surface area (Å²) in [6.07, 6.45) is 0.765. The molecule has 0 fully saturated rings. The van der Waals surface area contributed by atoms with Crippen molar-refractivity contribution in [3.05, 3.63) is 70.8 Å². The molecule has 0 aromatic heterocycles. The van der Waals surface area contributed by atoms with Gasteiger partial charge in [0.15, 0.2) is 5.78 Å². The van der Waals surface area contributed by atoms with E-state index in [9.17, 15) is 9.59 Å². The van der Waals surface area contributed by atoms with E-state index in [1.165, 1.54) is 0 Å². The van der Waals surface area contributed by atoms with Crippen molar-refractivity contribution in [1.29, 1.82) is 0 Å². The third kappa shape index (κ3) is 2.48. The Morgan fingerprint density at radius 1 is 1.00 bits per heavy atom. The minimum absolute atomic E-state index is 0.0221. The Morgan fingerprint density at radius 2 is 1.71 bits per heavy atom. The SMILES string of the molecule is Cc1cccc(C(=O)c2ccc(C=O)cc2)c1. The van der Waals surface area contributed by atoms with Gasteiger partial charge in [-0.05, 0) is 13.0 Å². The number of carbonyl (C=O) groups excluding carboxylic acids is 2. The minimum atomic E-state index is -0.0221. The van der Waals surface area contributed by atoms with Gasteiger partial charge in [-0.2, -0.15) is 0 Å². The van der Waals surface area contributed by atoms with E-state index < -0.39 is 0 Å². The Morgan fingerprint density at radius 3 is 2.29 bits per heavy atom. The van der Waals surface area contributed by atoms with Gasteiger partial charge in [0.2, 0.25) is 0 Å². The van der Waals surface area contributed by atoms with Crippen molar-refractivity contribution in [1.82, 2.24) is 0 Å². The third-order valence-corrected chi connectivity index (χ3v) is 2.59. The molecule has 0 bridgehead atoms. The first-order chi connectivity index (χ1) is 8.20. The summed E-state index contributed by atoms with van der Waals surface area (Å²) in [6, 6.07) is 14.1. The molecule has 0 aliphatic heterocycles. The molecule has 2 aromatic rings. The highest BCUT2D eigenvalue weighted by molar-refractivity contribution is 6.09. The summed E-state index contributed by atoms with van der Waals surface area (Å²) in [5.74, 6) is -0.0221. The van der Waals surface area contributed by atoms with Gasteiger partial charge < -0.3 is 0 Å². The molecule has 2 aromatic carbocycles. The number of hydrogen-bond acceptors (Lipinski definition) is 2. The summed E-state index contributed by atoms with van der Waals surface area (Å²) < 4.78 is 0. The molecule has 0 unspecified atom stereocenters. The van der Waals surface area contributed by atoms with Crippen molar-refractivity contribution in [2.45, 2.75) is 6.92 Å². The number of hydrogen-bond donors (Lipinski definition) is 0. The second-order valence-corrected chi connectivity index (χ2v) is 3.94. The van der Waals surface area contributed by atoms with Crippen molar-refractivity contribution < 1.29 is 9.59 Å². The molecular weight excluding hydrogens is 212 g/mol. The molecule has 0 saturated carbocycles.